The first-order chi connectivity index (χ1) is 12.0. The van der Waals surface area contributed by atoms with Gasteiger partial charge in [0.25, 0.3) is 5.91 Å². The van der Waals surface area contributed by atoms with Gasteiger partial charge in [-0.2, -0.15) is 13.2 Å². The van der Waals surface area contributed by atoms with Crippen LogP contribution in [0.5, 0.6) is 0 Å². The van der Waals surface area contributed by atoms with E-state index in [4.69, 9.17) is 0 Å². The van der Waals surface area contributed by atoms with Crippen LogP contribution >= 0.6 is 15.9 Å². The minimum Gasteiger partial charge on any atom is -0.465 e. The van der Waals surface area contributed by atoms with Gasteiger partial charge in [0.1, 0.15) is 0 Å². The number of esters is 1. The highest BCUT2D eigenvalue weighted by atomic mass is 79.9. The third-order valence-corrected chi connectivity index (χ3v) is 4.22. The highest BCUT2D eigenvalue weighted by Crippen LogP contribution is 2.34. The van der Waals surface area contributed by atoms with Crippen LogP contribution in [0.1, 0.15) is 37.4 Å². The van der Waals surface area contributed by atoms with E-state index in [1.807, 2.05) is 0 Å². The minimum atomic E-state index is -4.66. The second kappa shape index (κ2) is 7.49. The fraction of sp³-hybridized carbons (Fsp3) is 0.222. The Hall–Kier alpha value is -2.35. The van der Waals surface area contributed by atoms with E-state index in [0.29, 0.717) is 26.9 Å². The first-order valence-corrected chi connectivity index (χ1v) is 8.21. The number of anilines is 1. The molecule has 0 spiro atoms. The maximum atomic E-state index is 13.2. The molecule has 0 fully saturated rings. The smallest absolute Gasteiger partial charge is 0.417 e. The quantitative estimate of drug-likeness (QED) is 0.688. The Morgan fingerprint density at radius 2 is 1.65 bits per heavy atom. The summed E-state index contributed by atoms with van der Waals surface area (Å²) >= 11 is 3.08. The number of carbonyl (C=O) groups is 2. The summed E-state index contributed by atoms with van der Waals surface area (Å²) in [6, 6.07) is 6.19. The molecule has 0 radical (unpaired) electrons. The molecule has 0 saturated carbocycles. The van der Waals surface area contributed by atoms with E-state index < -0.39 is 29.2 Å². The van der Waals surface area contributed by atoms with Gasteiger partial charge in [-0.25, -0.2) is 4.79 Å². The average molecular weight is 430 g/mol. The van der Waals surface area contributed by atoms with Crippen LogP contribution in [0.4, 0.5) is 18.9 Å². The highest BCUT2D eigenvalue weighted by Gasteiger charge is 2.35. The van der Waals surface area contributed by atoms with Crippen molar-refractivity contribution in [2.24, 2.45) is 0 Å². The predicted molar refractivity (Wildman–Crippen MR) is 94.4 cm³/mol. The van der Waals surface area contributed by atoms with Gasteiger partial charge in [-0.1, -0.05) is 15.9 Å². The van der Waals surface area contributed by atoms with Gasteiger partial charge in [0, 0.05) is 10.2 Å². The lowest BCUT2D eigenvalue weighted by molar-refractivity contribution is -0.137. The van der Waals surface area contributed by atoms with E-state index >= 15 is 0 Å². The monoisotopic (exact) mass is 429 g/mol. The zero-order chi connectivity index (χ0) is 19.6. The second-order valence-corrected chi connectivity index (χ2v) is 6.53. The second-order valence-electron chi connectivity index (χ2n) is 5.62. The van der Waals surface area contributed by atoms with E-state index in [2.05, 4.69) is 26.0 Å². The number of rotatable bonds is 3. The van der Waals surface area contributed by atoms with Crippen LogP contribution in [0, 0.1) is 13.8 Å². The third kappa shape index (κ3) is 4.24. The number of aryl methyl sites for hydroxylation is 2. The highest BCUT2D eigenvalue weighted by molar-refractivity contribution is 9.10. The van der Waals surface area contributed by atoms with Crippen LogP contribution in [0.25, 0.3) is 0 Å². The molecule has 0 unspecified atom stereocenters. The lowest BCUT2D eigenvalue weighted by Crippen LogP contribution is -2.20. The van der Waals surface area contributed by atoms with Crippen LogP contribution in [0.3, 0.4) is 0 Å². The Bertz CT molecular complexity index is 855. The van der Waals surface area contributed by atoms with Crippen molar-refractivity contribution in [1.82, 2.24) is 0 Å². The number of halogens is 4. The molecular weight excluding hydrogens is 415 g/mol. The molecule has 2 aromatic carbocycles. The van der Waals surface area contributed by atoms with Crippen molar-refractivity contribution in [3.63, 3.8) is 0 Å². The van der Waals surface area contributed by atoms with Gasteiger partial charge in [0.2, 0.25) is 0 Å². The molecule has 0 heterocycles. The SMILES string of the molecule is COC(=O)c1cc(C)c(NC(=O)c2cc(Br)ccc2C(F)(F)F)c(C)c1. The summed E-state index contributed by atoms with van der Waals surface area (Å²) in [5, 5.41) is 2.51. The molecule has 2 aromatic rings. The Morgan fingerprint density at radius 3 is 2.15 bits per heavy atom. The molecule has 0 aliphatic heterocycles. The van der Waals surface area contributed by atoms with Gasteiger partial charge in [-0.3, -0.25) is 4.79 Å². The van der Waals surface area contributed by atoms with Gasteiger partial charge < -0.3 is 10.1 Å². The number of hydrogen-bond acceptors (Lipinski definition) is 3. The number of hydrogen-bond donors (Lipinski definition) is 1. The van der Waals surface area contributed by atoms with Crippen molar-refractivity contribution in [2.45, 2.75) is 20.0 Å². The Morgan fingerprint density at radius 1 is 1.08 bits per heavy atom. The Kier molecular flexibility index (Phi) is 5.75. The molecule has 4 nitrogen and oxygen atoms in total. The van der Waals surface area contributed by atoms with Crippen LogP contribution in [-0.4, -0.2) is 19.0 Å². The van der Waals surface area contributed by atoms with E-state index in [-0.39, 0.29) is 0 Å². The van der Waals surface area contributed by atoms with Crippen LogP contribution in [0.2, 0.25) is 0 Å². The van der Waals surface area contributed by atoms with Crippen molar-refractivity contribution >= 4 is 33.5 Å². The average Bonchev–Trinajstić information content (AvgIpc) is 2.55. The van der Waals surface area contributed by atoms with Crippen molar-refractivity contribution in [3.8, 4) is 0 Å². The maximum Gasteiger partial charge on any atom is 0.417 e. The van der Waals surface area contributed by atoms with Crippen molar-refractivity contribution < 1.29 is 27.5 Å². The van der Waals surface area contributed by atoms with Gasteiger partial charge in [0.15, 0.2) is 0 Å². The molecule has 0 saturated heterocycles. The molecule has 1 N–H and O–H groups in total. The first kappa shape index (κ1) is 20.0. The van der Waals surface area contributed by atoms with Crippen molar-refractivity contribution in [2.75, 3.05) is 12.4 Å². The minimum absolute atomic E-state index is 0.291. The molecule has 8 heteroatoms. The summed E-state index contributed by atoms with van der Waals surface area (Å²) in [5.41, 5.74) is 0.168. The van der Waals surface area contributed by atoms with E-state index in [0.717, 1.165) is 12.1 Å². The number of benzene rings is 2. The van der Waals surface area contributed by atoms with Gasteiger partial charge >= 0.3 is 12.1 Å². The van der Waals surface area contributed by atoms with Crippen LogP contribution in [-0.2, 0) is 10.9 Å². The zero-order valence-corrected chi connectivity index (χ0v) is 15.7. The van der Waals surface area contributed by atoms with Gasteiger partial charge in [0.05, 0.1) is 23.8 Å². The standard InChI is InChI=1S/C18H15BrF3NO3/c1-9-6-11(17(25)26-3)7-10(2)15(9)23-16(24)13-8-12(19)4-5-14(13)18(20,21)22/h4-8H,1-3H3,(H,23,24). The topological polar surface area (TPSA) is 55.4 Å². The van der Waals surface area contributed by atoms with E-state index in [1.165, 1.54) is 25.3 Å². The lowest BCUT2D eigenvalue weighted by atomic mass is 10.0. The Labute approximate surface area is 156 Å². The summed E-state index contributed by atoms with van der Waals surface area (Å²) in [6.45, 7) is 3.28. The van der Waals surface area contributed by atoms with E-state index in [1.54, 1.807) is 13.8 Å². The fourth-order valence-electron chi connectivity index (χ4n) is 2.53. The largest absolute Gasteiger partial charge is 0.465 e. The number of carbonyl (C=O) groups excluding carboxylic acids is 2. The van der Waals surface area contributed by atoms with Gasteiger partial charge in [-0.15, -0.1) is 0 Å². The molecule has 0 aliphatic rings. The maximum absolute atomic E-state index is 13.2. The molecule has 0 bridgehead atoms. The summed E-state index contributed by atoms with van der Waals surface area (Å²) < 4.78 is 44.5. The summed E-state index contributed by atoms with van der Waals surface area (Å²) in [6.07, 6.45) is -4.66. The summed E-state index contributed by atoms with van der Waals surface area (Å²) in [7, 11) is 1.24. The number of amides is 1. The zero-order valence-electron chi connectivity index (χ0n) is 14.1. The van der Waals surface area contributed by atoms with Gasteiger partial charge in [-0.05, 0) is 55.3 Å². The molecule has 138 valence electrons. The number of ether oxygens (including phenoxy) is 1. The normalized spacial score (nSPS) is 11.2. The fourth-order valence-corrected chi connectivity index (χ4v) is 2.89. The Balaban J connectivity index is 2.43. The third-order valence-electron chi connectivity index (χ3n) is 3.72. The lowest BCUT2D eigenvalue weighted by Gasteiger charge is -2.16. The molecule has 0 atom stereocenters. The molecule has 0 aliphatic carbocycles. The molecule has 2 rings (SSSR count). The molecule has 1 amide bonds. The summed E-state index contributed by atoms with van der Waals surface area (Å²) in [5.74, 6) is -1.43. The molecule has 26 heavy (non-hydrogen) atoms. The van der Waals surface area contributed by atoms with Crippen molar-refractivity contribution in [3.05, 3.63) is 62.6 Å². The first-order valence-electron chi connectivity index (χ1n) is 7.42. The van der Waals surface area contributed by atoms with E-state index in [9.17, 15) is 22.8 Å². The molecular formula is C18H15BrF3NO3. The number of alkyl halides is 3. The summed E-state index contributed by atoms with van der Waals surface area (Å²) in [4.78, 5) is 24.1. The predicted octanol–water partition coefficient (Wildman–Crippen LogP) is 5.12. The number of methoxy groups -OCH3 is 1. The number of nitrogens with one attached hydrogen (secondary N) is 1. The van der Waals surface area contributed by atoms with Crippen LogP contribution < -0.4 is 5.32 Å². The van der Waals surface area contributed by atoms with Crippen molar-refractivity contribution in [1.29, 1.82) is 0 Å². The molecule has 0 aromatic heterocycles. The van der Waals surface area contributed by atoms with Crippen LogP contribution in [0.15, 0.2) is 34.8 Å².